The van der Waals surface area contributed by atoms with Crippen molar-refractivity contribution in [2.75, 3.05) is 18.1 Å². The number of ether oxygens (including phenoxy) is 1. The van der Waals surface area contributed by atoms with Crippen LogP contribution in [-0.4, -0.2) is 26.5 Å². The van der Waals surface area contributed by atoms with Gasteiger partial charge >= 0.3 is 0 Å². The average Bonchev–Trinajstić information content (AvgIpc) is 2.37. The summed E-state index contributed by atoms with van der Waals surface area (Å²) in [5.74, 6) is 1.00. The van der Waals surface area contributed by atoms with Crippen LogP contribution in [0.2, 0.25) is 0 Å². The molecule has 0 atom stereocenters. The molecule has 2 N–H and O–H groups in total. The Morgan fingerprint density at radius 2 is 1.83 bits per heavy atom. The summed E-state index contributed by atoms with van der Waals surface area (Å²) in [6.45, 7) is 2.67. The van der Waals surface area contributed by atoms with Gasteiger partial charge in [0.05, 0.1) is 11.5 Å². The van der Waals surface area contributed by atoms with E-state index in [0.29, 0.717) is 18.7 Å². The zero-order valence-electron chi connectivity index (χ0n) is 10.8. The zero-order chi connectivity index (χ0) is 13.4. The third-order valence-corrected chi connectivity index (χ3v) is 4.33. The molecule has 0 amide bonds. The van der Waals surface area contributed by atoms with Crippen LogP contribution >= 0.6 is 0 Å². The lowest BCUT2D eigenvalue weighted by molar-refractivity contribution is 0.340. The highest BCUT2D eigenvalue weighted by atomic mass is 32.2. The largest absolute Gasteiger partial charge is 0.493 e. The first-order valence-corrected chi connectivity index (χ1v) is 8.02. The molecular weight excluding hydrogens is 250 g/mol. The third-order valence-electron chi connectivity index (χ3n) is 2.63. The van der Waals surface area contributed by atoms with E-state index in [2.05, 4.69) is 0 Å². The van der Waals surface area contributed by atoms with Crippen LogP contribution in [0.25, 0.3) is 0 Å². The first kappa shape index (κ1) is 15.0. The minimum absolute atomic E-state index is 0.0750. The van der Waals surface area contributed by atoms with Crippen LogP contribution in [0.3, 0.4) is 0 Å². The molecule has 0 spiro atoms. The fourth-order valence-corrected chi connectivity index (χ4v) is 2.74. The van der Waals surface area contributed by atoms with Gasteiger partial charge in [-0.25, -0.2) is 8.42 Å². The molecule has 0 aliphatic carbocycles. The molecule has 102 valence electrons. The molecule has 0 fully saturated rings. The van der Waals surface area contributed by atoms with E-state index in [4.69, 9.17) is 10.5 Å². The molecule has 1 aromatic carbocycles. The quantitative estimate of drug-likeness (QED) is 0.782. The lowest BCUT2D eigenvalue weighted by atomic mass is 10.2. The summed E-state index contributed by atoms with van der Waals surface area (Å²) in [5.41, 5.74) is 6.51. The molecule has 0 saturated heterocycles. The first-order chi connectivity index (χ1) is 8.57. The van der Waals surface area contributed by atoms with Gasteiger partial charge in [-0.3, -0.25) is 0 Å². The van der Waals surface area contributed by atoms with Crippen molar-refractivity contribution in [3.63, 3.8) is 0 Å². The second-order valence-corrected chi connectivity index (χ2v) is 6.51. The Morgan fingerprint density at radius 3 is 2.39 bits per heavy atom. The van der Waals surface area contributed by atoms with Gasteiger partial charge in [-0.2, -0.15) is 0 Å². The van der Waals surface area contributed by atoms with Crippen molar-refractivity contribution in [3.05, 3.63) is 29.8 Å². The maximum Gasteiger partial charge on any atom is 0.153 e. The second kappa shape index (κ2) is 7.38. The molecule has 0 unspecified atom stereocenters. The Labute approximate surface area is 109 Å². The molecule has 1 rings (SSSR count). The Kier molecular flexibility index (Phi) is 6.15. The number of nitrogens with two attached hydrogens (primary N) is 1. The molecule has 0 aliphatic heterocycles. The van der Waals surface area contributed by atoms with Gasteiger partial charge in [-0.05, 0) is 24.1 Å². The van der Waals surface area contributed by atoms with Gasteiger partial charge in [-0.1, -0.05) is 25.5 Å². The summed E-state index contributed by atoms with van der Waals surface area (Å²) in [4.78, 5) is 0. The number of hydrogen-bond donors (Lipinski definition) is 1. The predicted octanol–water partition coefficient (Wildman–Crippen LogP) is 1.74. The van der Waals surface area contributed by atoms with Crippen LogP contribution in [0.15, 0.2) is 24.3 Å². The fraction of sp³-hybridized carbons (Fsp3) is 0.538. The van der Waals surface area contributed by atoms with Crippen molar-refractivity contribution < 1.29 is 13.2 Å². The van der Waals surface area contributed by atoms with Crippen molar-refractivity contribution >= 4 is 9.84 Å². The second-order valence-electron chi connectivity index (χ2n) is 4.20. The molecule has 0 aliphatic rings. The highest BCUT2D eigenvalue weighted by molar-refractivity contribution is 7.91. The average molecular weight is 271 g/mol. The summed E-state index contributed by atoms with van der Waals surface area (Å²) < 4.78 is 28.6. The summed E-state index contributed by atoms with van der Waals surface area (Å²) in [7, 11) is -2.97. The Hall–Kier alpha value is -1.07. The van der Waals surface area contributed by atoms with Crippen LogP contribution in [-0.2, 0) is 16.4 Å². The van der Waals surface area contributed by atoms with Crippen molar-refractivity contribution in [2.45, 2.75) is 26.3 Å². The number of sulfone groups is 1. The van der Waals surface area contributed by atoms with E-state index < -0.39 is 9.84 Å². The minimum Gasteiger partial charge on any atom is -0.493 e. The van der Waals surface area contributed by atoms with Crippen LogP contribution in [0, 0.1) is 0 Å². The maximum absolute atomic E-state index is 11.6. The Morgan fingerprint density at radius 1 is 1.17 bits per heavy atom. The van der Waals surface area contributed by atoms with E-state index in [1.807, 2.05) is 19.1 Å². The molecule has 0 heterocycles. The number of hydrogen-bond acceptors (Lipinski definition) is 4. The van der Waals surface area contributed by atoms with Crippen molar-refractivity contribution in [2.24, 2.45) is 5.73 Å². The zero-order valence-corrected chi connectivity index (χ0v) is 11.6. The van der Waals surface area contributed by atoms with Crippen molar-refractivity contribution in [1.82, 2.24) is 0 Å². The van der Waals surface area contributed by atoms with Gasteiger partial charge in [0.1, 0.15) is 12.4 Å². The molecule has 5 heteroatoms. The topological polar surface area (TPSA) is 69.4 Å². The van der Waals surface area contributed by atoms with E-state index in [-0.39, 0.29) is 18.1 Å². The van der Waals surface area contributed by atoms with Crippen molar-refractivity contribution in [3.8, 4) is 5.75 Å². The van der Waals surface area contributed by atoms with Crippen LogP contribution in [0.5, 0.6) is 5.75 Å². The molecule has 1 aromatic rings. The first-order valence-electron chi connectivity index (χ1n) is 6.19. The summed E-state index contributed by atoms with van der Waals surface area (Å²) in [5, 5.41) is 0. The molecule has 0 aromatic heterocycles. The normalized spacial score (nSPS) is 11.4. The smallest absolute Gasteiger partial charge is 0.153 e. The van der Waals surface area contributed by atoms with Gasteiger partial charge in [0, 0.05) is 6.54 Å². The van der Waals surface area contributed by atoms with E-state index in [1.165, 1.54) is 0 Å². The Bertz CT molecular complexity index is 440. The molecule has 0 bridgehead atoms. The summed E-state index contributed by atoms with van der Waals surface area (Å²) in [6, 6.07) is 7.36. The van der Waals surface area contributed by atoms with E-state index in [1.54, 1.807) is 12.1 Å². The predicted molar refractivity (Wildman–Crippen MR) is 73.4 cm³/mol. The van der Waals surface area contributed by atoms with Gasteiger partial charge in [0.25, 0.3) is 0 Å². The van der Waals surface area contributed by atoms with E-state index in [9.17, 15) is 8.42 Å². The summed E-state index contributed by atoms with van der Waals surface area (Å²) in [6.07, 6.45) is 1.61. The van der Waals surface area contributed by atoms with Crippen LogP contribution < -0.4 is 10.5 Å². The number of unbranched alkanes of at least 4 members (excludes halogenated alkanes) is 1. The molecule has 0 radical (unpaired) electrons. The number of benzene rings is 1. The molecule has 4 nitrogen and oxygen atoms in total. The number of rotatable bonds is 8. The third kappa shape index (κ3) is 5.51. The highest BCUT2D eigenvalue weighted by Gasteiger charge is 2.09. The van der Waals surface area contributed by atoms with Crippen LogP contribution in [0.4, 0.5) is 0 Å². The van der Waals surface area contributed by atoms with E-state index in [0.717, 1.165) is 12.0 Å². The molecule has 0 saturated carbocycles. The van der Waals surface area contributed by atoms with Gasteiger partial charge in [-0.15, -0.1) is 0 Å². The lowest BCUT2D eigenvalue weighted by Gasteiger charge is -2.07. The Balaban J connectivity index is 2.36. The van der Waals surface area contributed by atoms with Gasteiger partial charge in [0.2, 0.25) is 0 Å². The minimum atomic E-state index is -2.97. The molecule has 18 heavy (non-hydrogen) atoms. The fourth-order valence-electron chi connectivity index (χ4n) is 1.47. The van der Waals surface area contributed by atoms with Crippen LogP contribution in [0.1, 0.15) is 25.3 Å². The lowest BCUT2D eigenvalue weighted by Crippen LogP contribution is -2.17. The van der Waals surface area contributed by atoms with Gasteiger partial charge < -0.3 is 10.5 Å². The highest BCUT2D eigenvalue weighted by Crippen LogP contribution is 2.11. The standard InChI is InChI=1S/C13H21NO3S/c1-2-3-9-18(15,16)10-8-17-13-6-4-12(11-14)5-7-13/h4-7H,2-3,8-11,14H2,1H3. The maximum atomic E-state index is 11.6. The summed E-state index contributed by atoms with van der Waals surface area (Å²) >= 11 is 0. The van der Waals surface area contributed by atoms with Crippen molar-refractivity contribution in [1.29, 1.82) is 0 Å². The SMILES string of the molecule is CCCCS(=O)(=O)CCOc1ccc(CN)cc1. The monoisotopic (exact) mass is 271 g/mol. The molecular formula is C13H21NO3S. The van der Waals surface area contributed by atoms with E-state index >= 15 is 0 Å². The van der Waals surface area contributed by atoms with Gasteiger partial charge in [0.15, 0.2) is 9.84 Å².